The number of hydrogen-bond donors (Lipinski definition) is 1. The van der Waals surface area contributed by atoms with E-state index in [0.717, 1.165) is 11.1 Å². The van der Waals surface area contributed by atoms with E-state index in [4.69, 9.17) is 51.2 Å². The summed E-state index contributed by atoms with van der Waals surface area (Å²) >= 11 is 7.21. The van der Waals surface area contributed by atoms with Crippen LogP contribution in [0.15, 0.2) is 79.0 Å². The van der Waals surface area contributed by atoms with Gasteiger partial charge in [0.25, 0.3) is 0 Å². The van der Waals surface area contributed by atoms with Crippen LogP contribution in [-0.2, 0) is 35.6 Å². The molecular weight excluding hydrogens is 847 g/mol. The van der Waals surface area contributed by atoms with Gasteiger partial charge in [-0.25, -0.2) is 18.4 Å². The number of anilines is 3. The van der Waals surface area contributed by atoms with Gasteiger partial charge in [0, 0.05) is 42.4 Å². The Morgan fingerprint density at radius 2 is 1.60 bits per heavy atom. The highest BCUT2D eigenvalue weighted by Gasteiger charge is 2.45. The molecule has 0 unspecified atom stereocenters. The Bertz CT molecular complexity index is 2700. The largest absolute Gasteiger partial charge is 0.497 e. The van der Waals surface area contributed by atoms with Gasteiger partial charge < -0.3 is 34.5 Å². The van der Waals surface area contributed by atoms with Gasteiger partial charge in [-0.15, -0.1) is 0 Å². The molecule has 0 radical (unpaired) electrons. The second kappa shape index (κ2) is 16.7. The van der Waals surface area contributed by atoms with E-state index in [2.05, 4.69) is 4.98 Å². The number of alkyl halides is 3. The lowest BCUT2D eigenvalue weighted by Crippen LogP contribution is -2.50. The number of nitrogen functional groups attached to an aromatic ring is 1. The molecule has 8 rings (SSSR count). The molecule has 5 heterocycles. The number of methoxy groups -OCH3 is 2. The van der Waals surface area contributed by atoms with Crippen LogP contribution in [0, 0.1) is 12.3 Å². The molecule has 0 atom stereocenters. The summed E-state index contributed by atoms with van der Waals surface area (Å²) in [4.78, 5) is 22.2. The van der Waals surface area contributed by atoms with Crippen molar-refractivity contribution in [3.8, 4) is 34.5 Å². The van der Waals surface area contributed by atoms with E-state index in [-0.39, 0.29) is 90.1 Å². The molecule has 18 heteroatoms. The average Bonchev–Trinajstić information content (AvgIpc) is 3.40. The van der Waals surface area contributed by atoms with Crippen LogP contribution in [0.3, 0.4) is 0 Å². The maximum Gasteiger partial charge on any atom is 0.418 e. The van der Waals surface area contributed by atoms with Gasteiger partial charge in [0.05, 0.1) is 66.1 Å². The van der Waals surface area contributed by atoms with E-state index < -0.39 is 32.7 Å². The summed E-state index contributed by atoms with van der Waals surface area (Å²) < 4.78 is 93.3. The van der Waals surface area contributed by atoms with Crippen molar-refractivity contribution in [1.82, 2.24) is 19.9 Å². The third-order valence-corrected chi connectivity index (χ3v) is 13.5. The molecule has 0 amide bonds. The molecule has 2 aliphatic heterocycles. The summed E-state index contributed by atoms with van der Waals surface area (Å²) in [6.45, 7) is 4.30. The monoisotopic (exact) mass is 889 g/mol. The van der Waals surface area contributed by atoms with Crippen LogP contribution in [0.25, 0.3) is 22.2 Å². The third-order valence-electron chi connectivity index (χ3n) is 10.9. The first kappa shape index (κ1) is 42.6. The minimum atomic E-state index is -4.85. The predicted octanol–water partition coefficient (Wildman–Crippen LogP) is 8.09. The highest BCUT2D eigenvalue weighted by Crippen LogP contribution is 2.49. The zero-order valence-electron chi connectivity index (χ0n) is 34.3. The fraction of sp³-hybridized carbons (Fsp3) is 0.318. The van der Waals surface area contributed by atoms with Gasteiger partial charge in [-0.3, -0.25) is 0 Å². The number of nitrogens with two attached hydrogens (primary N) is 1. The molecule has 324 valence electrons. The van der Waals surface area contributed by atoms with Crippen LogP contribution < -0.4 is 34.5 Å². The van der Waals surface area contributed by atoms with Gasteiger partial charge in [-0.2, -0.15) is 23.1 Å². The van der Waals surface area contributed by atoms with Crippen molar-refractivity contribution in [2.24, 2.45) is 5.41 Å². The zero-order valence-corrected chi connectivity index (χ0v) is 35.9. The molecule has 6 aromatic rings. The molecule has 1 fully saturated rings. The van der Waals surface area contributed by atoms with Crippen molar-refractivity contribution in [3.63, 3.8) is 0 Å². The Labute approximate surface area is 361 Å². The molecule has 0 spiro atoms. The van der Waals surface area contributed by atoms with Gasteiger partial charge >= 0.3 is 12.2 Å². The Balaban J connectivity index is 1.29. The van der Waals surface area contributed by atoms with Crippen molar-refractivity contribution in [1.29, 1.82) is 0 Å². The molecule has 0 saturated carbocycles. The maximum atomic E-state index is 15.3. The normalized spacial score (nSPS) is 15.3. The first-order chi connectivity index (χ1) is 29.5. The van der Waals surface area contributed by atoms with Crippen molar-refractivity contribution in [2.45, 2.75) is 39.7 Å². The predicted molar refractivity (Wildman–Crippen MR) is 231 cm³/mol. The van der Waals surface area contributed by atoms with E-state index in [9.17, 15) is 8.42 Å². The number of aromatic nitrogens is 4. The number of hydrogen-bond acceptors (Lipinski definition) is 13. The Morgan fingerprint density at radius 3 is 2.18 bits per heavy atom. The van der Waals surface area contributed by atoms with Crippen LogP contribution in [0.4, 0.5) is 30.6 Å². The number of ether oxygens (including phenoxy) is 4. The quantitative estimate of drug-likeness (QED) is 0.119. The third kappa shape index (κ3) is 8.81. The van der Waals surface area contributed by atoms with E-state index in [1.165, 1.54) is 19.1 Å². The lowest BCUT2D eigenvalue weighted by atomic mass is 9.96. The first-order valence-corrected chi connectivity index (χ1v) is 21.8. The van der Waals surface area contributed by atoms with E-state index >= 15 is 13.2 Å². The summed E-state index contributed by atoms with van der Waals surface area (Å²) in [6.07, 6.45) is -3.27. The fourth-order valence-corrected chi connectivity index (χ4v) is 10.4. The molecule has 3 aromatic carbocycles. The number of pyridine rings is 2. The van der Waals surface area contributed by atoms with Gasteiger partial charge in [0.1, 0.15) is 35.6 Å². The van der Waals surface area contributed by atoms with E-state index in [0.29, 0.717) is 34.1 Å². The van der Waals surface area contributed by atoms with Crippen molar-refractivity contribution >= 4 is 49.8 Å². The highest BCUT2D eigenvalue weighted by atomic mass is 35.5. The number of benzene rings is 3. The van der Waals surface area contributed by atoms with Gasteiger partial charge in [-0.05, 0) is 66.1 Å². The second-order valence-corrected chi connectivity index (χ2v) is 18.3. The van der Waals surface area contributed by atoms with E-state index in [1.807, 2.05) is 64.4 Å². The Morgan fingerprint density at radius 1 is 0.952 bits per heavy atom. The molecule has 0 bridgehead atoms. The molecule has 62 heavy (non-hydrogen) atoms. The standard InChI is InChI=1S/C44H43ClF3N7O6S/c1-26-18-34(55(20-27-7-11-30(58-3)12-8-27)21-28-9-13-31(59-4)14-10-28)52-38(36(26)44(46,47)48)32-19-33-35-39(37(32)45)60-17-16-54(22-29-6-5-15-50-40(29)49)41(35)53-42(51-33)61-23-43(2)24-62(56,57)25-43/h5-15,18-19H,16-17,20-25H2,1-4H3,(H2,49,50). The van der Waals surface area contributed by atoms with Crippen LogP contribution >= 0.6 is 11.6 Å². The number of halogens is 4. The Kier molecular flexibility index (Phi) is 11.4. The van der Waals surface area contributed by atoms with Crippen molar-refractivity contribution in [2.75, 3.05) is 61.0 Å². The van der Waals surface area contributed by atoms with E-state index in [1.54, 1.807) is 33.4 Å². The van der Waals surface area contributed by atoms with Gasteiger partial charge in [-0.1, -0.05) is 48.9 Å². The minimum Gasteiger partial charge on any atom is -0.497 e. The second-order valence-electron chi connectivity index (χ2n) is 15.8. The van der Waals surface area contributed by atoms with Crippen LogP contribution in [0.5, 0.6) is 23.3 Å². The summed E-state index contributed by atoms with van der Waals surface area (Å²) in [5.74, 6) is 2.15. The molecule has 1 saturated heterocycles. The average molecular weight is 890 g/mol. The summed E-state index contributed by atoms with van der Waals surface area (Å²) in [5.41, 5.74) is 6.60. The summed E-state index contributed by atoms with van der Waals surface area (Å²) in [6, 6.07) is 21.1. The smallest absolute Gasteiger partial charge is 0.418 e. The molecule has 2 N–H and O–H groups in total. The lowest BCUT2D eigenvalue weighted by molar-refractivity contribution is -0.137. The van der Waals surface area contributed by atoms with Crippen molar-refractivity contribution in [3.05, 3.63) is 112 Å². The number of sulfone groups is 1. The van der Waals surface area contributed by atoms with Crippen molar-refractivity contribution < 1.29 is 40.5 Å². The molecule has 3 aromatic heterocycles. The zero-order chi connectivity index (χ0) is 44.0. The number of nitrogens with zero attached hydrogens (tertiary/aromatic N) is 6. The number of aryl methyl sites for hydroxylation is 1. The van der Waals surface area contributed by atoms with Gasteiger partial charge in [0.15, 0.2) is 15.6 Å². The van der Waals surface area contributed by atoms with Gasteiger partial charge in [0.2, 0.25) is 0 Å². The fourth-order valence-electron chi connectivity index (χ4n) is 7.94. The number of rotatable bonds is 13. The Hall–Kier alpha value is -6.07. The SMILES string of the molecule is COc1ccc(CN(Cc2ccc(OC)cc2)c2cc(C)c(C(F)(F)F)c(-c3cc4nc(OCC5(C)CS(=O)(=O)C5)nc5c4c(c3Cl)OCCN5Cc3cccnc3N)n2)cc1. The molecule has 0 aliphatic carbocycles. The summed E-state index contributed by atoms with van der Waals surface area (Å²) in [7, 11) is -0.0539. The topological polar surface area (TPSA) is 155 Å². The first-order valence-electron chi connectivity index (χ1n) is 19.6. The molecule has 2 aliphatic rings. The highest BCUT2D eigenvalue weighted by molar-refractivity contribution is 7.92. The van der Waals surface area contributed by atoms with Crippen LogP contribution in [0.1, 0.15) is 34.7 Å². The summed E-state index contributed by atoms with van der Waals surface area (Å²) in [5, 5.41) is 0.225. The minimum absolute atomic E-state index is 0.0181. The molecule has 13 nitrogen and oxygen atoms in total. The maximum absolute atomic E-state index is 15.3. The molecular formula is C44H43ClF3N7O6S. The lowest BCUT2D eigenvalue weighted by Gasteiger charge is -2.36. The van der Waals surface area contributed by atoms with Crippen LogP contribution in [-0.4, -0.2) is 73.8 Å². The van der Waals surface area contributed by atoms with Crippen LogP contribution in [0.2, 0.25) is 5.02 Å².